The minimum Gasteiger partial charge on any atom is -0.545 e. The van der Waals surface area contributed by atoms with Gasteiger partial charge in [0, 0.05) is 21.9 Å². The van der Waals surface area contributed by atoms with Crippen molar-refractivity contribution in [2.75, 3.05) is 5.32 Å². The van der Waals surface area contributed by atoms with E-state index in [-0.39, 0.29) is 29.6 Å². The van der Waals surface area contributed by atoms with Crippen LogP contribution in [0.5, 0.6) is 0 Å². The van der Waals surface area contributed by atoms with Gasteiger partial charge in [-0.25, -0.2) is 0 Å². The first kappa shape index (κ1) is 14.8. The number of rotatable bonds is 3. The van der Waals surface area contributed by atoms with Gasteiger partial charge in [-0.15, -0.1) is 0 Å². The predicted molar refractivity (Wildman–Crippen MR) is 54.2 cm³/mol. The molecule has 0 aliphatic rings. The van der Waals surface area contributed by atoms with Gasteiger partial charge in [-0.3, -0.25) is 0 Å². The SMILES string of the molecule is O=C([O-])C=CNc1cc(Cl)cc(Cl)c1.[Na+]. The summed E-state index contributed by atoms with van der Waals surface area (Å²) >= 11 is 11.4. The molecule has 3 nitrogen and oxygen atoms in total. The Labute approximate surface area is 119 Å². The zero-order valence-electron chi connectivity index (χ0n) is 7.96. The van der Waals surface area contributed by atoms with Crippen LogP contribution in [0.3, 0.4) is 0 Å². The molecule has 1 aromatic carbocycles. The molecule has 0 amide bonds. The molecular formula is C9H6Cl2NNaO2. The topological polar surface area (TPSA) is 52.2 Å². The Morgan fingerprint density at radius 1 is 1.27 bits per heavy atom. The Hall–Kier alpha value is -0.190. The molecule has 0 bridgehead atoms. The Morgan fingerprint density at radius 3 is 2.27 bits per heavy atom. The molecular weight excluding hydrogens is 248 g/mol. The smallest absolute Gasteiger partial charge is 0.545 e. The molecule has 0 aliphatic heterocycles. The predicted octanol–water partition coefficient (Wildman–Crippen LogP) is -1.33. The summed E-state index contributed by atoms with van der Waals surface area (Å²) in [7, 11) is 0. The zero-order chi connectivity index (χ0) is 10.6. The van der Waals surface area contributed by atoms with E-state index >= 15 is 0 Å². The van der Waals surface area contributed by atoms with E-state index in [2.05, 4.69) is 5.32 Å². The van der Waals surface area contributed by atoms with Crippen molar-refractivity contribution >= 4 is 34.9 Å². The Kier molecular flexibility index (Phi) is 7.05. The molecule has 0 unspecified atom stereocenters. The maximum atomic E-state index is 10.0. The van der Waals surface area contributed by atoms with Crippen LogP contribution in [-0.4, -0.2) is 5.97 Å². The summed E-state index contributed by atoms with van der Waals surface area (Å²) in [5.41, 5.74) is 0.611. The third-order valence-corrected chi connectivity index (χ3v) is 1.77. The third-order valence-electron chi connectivity index (χ3n) is 1.33. The molecule has 0 heterocycles. The van der Waals surface area contributed by atoms with E-state index in [1.807, 2.05) is 0 Å². The second-order valence-electron chi connectivity index (χ2n) is 2.45. The van der Waals surface area contributed by atoms with Crippen LogP contribution in [0.2, 0.25) is 10.0 Å². The maximum Gasteiger partial charge on any atom is 1.00 e. The fraction of sp³-hybridized carbons (Fsp3) is 0. The summed E-state index contributed by atoms with van der Waals surface area (Å²) in [5, 5.41) is 13.7. The third kappa shape index (κ3) is 6.07. The van der Waals surface area contributed by atoms with E-state index in [9.17, 15) is 9.90 Å². The first-order valence-electron chi connectivity index (χ1n) is 3.68. The average Bonchev–Trinajstić information content (AvgIpc) is 2.01. The second-order valence-corrected chi connectivity index (χ2v) is 3.33. The number of hydrogen-bond acceptors (Lipinski definition) is 3. The van der Waals surface area contributed by atoms with Crippen LogP contribution in [0.15, 0.2) is 30.5 Å². The van der Waals surface area contributed by atoms with Gasteiger partial charge in [-0.2, -0.15) is 0 Å². The van der Waals surface area contributed by atoms with E-state index in [1.54, 1.807) is 18.2 Å². The number of carboxylic acid groups (broad SMARTS) is 1. The number of anilines is 1. The number of carbonyl (C=O) groups is 1. The number of nitrogens with one attached hydrogen (secondary N) is 1. The number of carbonyl (C=O) groups excluding carboxylic acids is 1. The van der Waals surface area contributed by atoms with Crippen molar-refractivity contribution in [1.82, 2.24) is 0 Å². The van der Waals surface area contributed by atoms with Crippen molar-refractivity contribution in [2.45, 2.75) is 0 Å². The Morgan fingerprint density at radius 2 is 1.80 bits per heavy atom. The molecule has 0 spiro atoms. The van der Waals surface area contributed by atoms with Crippen LogP contribution in [0.25, 0.3) is 0 Å². The van der Waals surface area contributed by atoms with Gasteiger partial charge < -0.3 is 15.2 Å². The first-order valence-corrected chi connectivity index (χ1v) is 4.43. The summed E-state index contributed by atoms with van der Waals surface area (Å²) in [6.07, 6.45) is 2.10. The largest absolute Gasteiger partial charge is 1.00 e. The van der Waals surface area contributed by atoms with Crippen LogP contribution in [-0.2, 0) is 4.79 Å². The number of hydrogen-bond donors (Lipinski definition) is 1. The summed E-state index contributed by atoms with van der Waals surface area (Å²) in [6.45, 7) is 0. The van der Waals surface area contributed by atoms with Gasteiger partial charge in [-0.1, -0.05) is 23.2 Å². The van der Waals surface area contributed by atoms with Crippen molar-refractivity contribution in [1.29, 1.82) is 0 Å². The number of carboxylic acids is 1. The molecule has 6 heteroatoms. The minimum atomic E-state index is -1.27. The van der Waals surface area contributed by atoms with Crippen molar-refractivity contribution in [3.8, 4) is 0 Å². The molecule has 0 fully saturated rings. The summed E-state index contributed by atoms with van der Waals surface area (Å²) in [6, 6.07) is 4.82. The second kappa shape index (κ2) is 7.14. The number of aliphatic carboxylic acids is 1. The average molecular weight is 254 g/mol. The van der Waals surface area contributed by atoms with Crippen LogP contribution in [0.1, 0.15) is 0 Å². The quantitative estimate of drug-likeness (QED) is 0.537. The van der Waals surface area contributed by atoms with Crippen molar-refractivity contribution < 1.29 is 39.5 Å². The van der Waals surface area contributed by atoms with Crippen LogP contribution < -0.4 is 40.0 Å². The summed E-state index contributed by atoms with van der Waals surface area (Å²) < 4.78 is 0. The molecule has 1 N–H and O–H groups in total. The van der Waals surface area contributed by atoms with Crippen LogP contribution in [0.4, 0.5) is 5.69 Å². The summed E-state index contributed by atoms with van der Waals surface area (Å²) in [4.78, 5) is 10.0. The van der Waals surface area contributed by atoms with Crippen LogP contribution >= 0.6 is 23.2 Å². The van der Waals surface area contributed by atoms with Gasteiger partial charge in [0.2, 0.25) is 0 Å². The van der Waals surface area contributed by atoms with Crippen molar-refractivity contribution in [3.63, 3.8) is 0 Å². The fourth-order valence-corrected chi connectivity index (χ4v) is 1.37. The molecule has 0 saturated carbocycles. The molecule has 0 aromatic heterocycles. The summed E-state index contributed by atoms with van der Waals surface area (Å²) in [5.74, 6) is -1.27. The standard InChI is InChI=1S/C9H7Cl2NO2.Na/c10-6-3-7(11)5-8(4-6)12-2-1-9(13)14;/h1-5,12H,(H,13,14);/q;+1/p-1. The van der Waals surface area contributed by atoms with E-state index in [0.29, 0.717) is 15.7 Å². The van der Waals surface area contributed by atoms with Crippen LogP contribution in [0, 0.1) is 0 Å². The van der Waals surface area contributed by atoms with Crippen molar-refractivity contribution in [2.24, 2.45) is 0 Å². The van der Waals surface area contributed by atoms with Gasteiger partial charge >= 0.3 is 29.6 Å². The molecule has 0 aliphatic carbocycles. The molecule has 0 atom stereocenters. The van der Waals surface area contributed by atoms with E-state index < -0.39 is 5.97 Å². The number of halogens is 2. The molecule has 0 saturated heterocycles. The molecule has 74 valence electrons. The first-order chi connectivity index (χ1) is 6.58. The van der Waals surface area contributed by atoms with Crippen molar-refractivity contribution in [3.05, 3.63) is 40.5 Å². The van der Waals surface area contributed by atoms with E-state index in [1.165, 1.54) is 6.20 Å². The van der Waals surface area contributed by atoms with Gasteiger partial charge in [-0.05, 0) is 24.3 Å². The normalized spacial score (nSPS) is 9.73. The zero-order valence-corrected chi connectivity index (χ0v) is 11.5. The molecule has 15 heavy (non-hydrogen) atoms. The van der Waals surface area contributed by atoms with E-state index in [4.69, 9.17) is 23.2 Å². The number of benzene rings is 1. The molecule has 1 rings (SSSR count). The molecule has 0 radical (unpaired) electrons. The van der Waals surface area contributed by atoms with Gasteiger partial charge in [0.15, 0.2) is 0 Å². The van der Waals surface area contributed by atoms with E-state index in [0.717, 1.165) is 6.08 Å². The van der Waals surface area contributed by atoms with Gasteiger partial charge in [0.1, 0.15) is 0 Å². The van der Waals surface area contributed by atoms with Gasteiger partial charge in [0.05, 0.1) is 5.97 Å². The monoisotopic (exact) mass is 253 g/mol. The maximum absolute atomic E-state index is 10.0. The minimum absolute atomic E-state index is 0. The Balaban J connectivity index is 0.00000196. The Bertz CT molecular complexity index is 362. The van der Waals surface area contributed by atoms with Gasteiger partial charge in [0.25, 0.3) is 0 Å². The fourth-order valence-electron chi connectivity index (χ4n) is 0.843. The molecule has 1 aromatic rings.